The fourth-order valence-corrected chi connectivity index (χ4v) is 2.52. The van der Waals surface area contributed by atoms with E-state index in [1.54, 1.807) is 6.07 Å². The Balaban J connectivity index is 2.49. The van der Waals surface area contributed by atoms with Crippen molar-refractivity contribution in [3.63, 3.8) is 0 Å². The van der Waals surface area contributed by atoms with E-state index in [1.807, 2.05) is 18.2 Å². The Hall–Kier alpha value is -1.02. The van der Waals surface area contributed by atoms with E-state index in [-0.39, 0.29) is 0 Å². The molecule has 0 bridgehead atoms. The van der Waals surface area contributed by atoms with E-state index in [1.165, 1.54) is 11.1 Å². The Labute approximate surface area is 118 Å². The van der Waals surface area contributed by atoms with Gasteiger partial charge in [0.15, 0.2) is 0 Å². The van der Waals surface area contributed by atoms with Gasteiger partial charge in [0.25, 0.3) is 0 Å². The van der Waals surface area contributed by atoms with Gasteiger partial charge in [0, 0.05) is 16.6 Å². The highest BCUT2D eigenvalue weighted by Gasteiger charge is 2.07. The first-order chi connectivity index (χ1) is 8.56. The molecule has 0 fully saturated rings. The van der Waals surface area contributed by atoms with Crippen LogP contribution in [-0.4, -0.2) is 19.0 Å². The molecule has 0 aliphatic rings. The molecule has 2 aromatic carbocycles. The number of rotatable bonds is 3. The fraction of sp³-hybridized carbons (Fsp3) is 0.200. The smallest absolute Gasteiger partial charge is 0.0426 e. The third-order valence-corrected chi connectivity index (χ3v) is 3.11. The van der Waals surface area contributed by atoms with E-state index in [0.717, 1.165) is 12.1 Å². The molecule has 0 N–H and O–H groups in total. The molecule has 0 heterocycles. The van der Waals surface area contributed by atoms with Crippen molar-refractivity contribution in [2.45, 2.75) is 6.54 Å². The first-order valence-electron chi connectivity index (χ1n) is 5.75. The van der Waals surface area contributed by atoms with E-state index in [0.29, 0.717) is 10.0 Å². The molecule has 1 nitrogen and oxygen atoms in total. The molecule has 3 heteroatoms. The van der Waals surface area contributed by atoms with Gasteiger partial charge in [0.05, 0.1) is 0 Å². The minimum Gasteiger partial charge on any atom is -0.305 e. The summed E-state index contributed by atoms with van der Waals surface area (Å²) in [5.74, 6) is 0. The summed E-state index contributed by atoms with van der Waals surface area (Å²) in [4.78, 5) is 2.14. The maximum Gasteiger partial charge on any atom is 0.0426 e. The van der Waals surface area contributed by atoms with Gasteiger partial charge in [-0.05, 0) is 49.0 Å². The van der Waals surface area contributed by atoms with E-state index in [2.05, 4.69) is 37.2 Å². The molecule has 0 unspecified atom stereocenters. The lowest BCUT2D eigenvalue weighted by Gasteiger charge is -2.14. The van der Waals surface area contributed by atoms with Gasteiger partial charge in [-0.1, -0.05) is 47.5 Å². The van der Waals surface area contributed by atoms with Crippen molar-refractivity contribution < 1.29 is 0 Å². The maximum atomic E-state index is 6.06. The average molecular weight is 280 g/mol. The average Bonchev–Trinajstić information content (AvgIpc) is 2.27. The molecule has 0 amide bonds. The predicted molar refractivity (Wildman–Crippen MR) is 79.3 cm³/mol. The van der Waals surface area contributed by atoms with Crippen LogP contribution in [0.3, 0.4) is 0 Å². The quantitative estimate of drug-likeness (QED) is 0.786. The Morgan fingerprint density at radius 2 is 1.56 bits per heavy atom. The number of halogens is 2. The lowest BCUT2D eigenvalue weighted by atomic mass is 9.99. The van der Waals surface area contributed by atoms with Gasteiger partial charge in [-0.3, -0.25) is 0 Å². The van der Waals surface area contributed by atoms with Crippen molar-refractivity contribution in [2.75, 3.05) is 14.1 Å². The standard InChI is InChI=1S/C15H15Cl2N/c1-18(2)10-11-5-3-4-6-15(11)12-7-13(16)9-14(17)8-12/h3-9H,10H2,1-2H3. The number of benzene rings is 2. The maximum absolute atomic E-state index is 6.06. The predicted octanol–water partition coefficient (Wildman–Crippen LogP) is 4.72. The van der Waals surface area contributed by atoms with Crippen LogP contribution in [0.1, 0.15) is 5.56 Å². The first-order valence-corrected chi connectivity index (χ1v) is 6.51. The monoisotopic (exact) mass is 279 g/mol. The molecule has 0 spiro atoms. The Kier molecular flexibility index (Phi) is 4.28. The number of hydrogen-bond donors (Lipinski definition) is 0. The van der Waals surface area contributed by atoms with Crippen LogP contribution in [0.5, 0.6) is 0 Å². The lowest BCUT2D eigenvalue weighted by Crippen LogP contribution is -2.11. The van der Waals surface area contributed by atoms with Crippen LogP contribution in [0.25, 0.3) is 11.1 Å². The SMILES string of the molecule is CN(C)Cc1ccccc1-c1cc(Cl)cc(Cl)c1. The van der Waals surface area contributed by atoms with Crippen molar-refractivity contribution in [1.29, 1.82) is 0 Å². The van der Waals surface area contributed by atoms with Gasteiger partial charge in [0.1, 0.15) is 0 Å². The van der Waals surface area contributed by atoms with E-state index in [4.69, 9.17) is 23.2 Å². The molecular weight excluding hydrogens is 265 g/mol. The van der Waals surface area contributed by atoms with Crippen LogP contribution in [0.4, 0.5) is 0 Å². The van der Waals surface area contributed by atoms with Crippen LogP contribution < -0.4 is 0 Å². The lowest BCUT2D eigenvalue weighted by molar-refractivity contribution is 0.403. The van der Waals surface area contributed by atoms with Crippen LogP contribution in [-0.2, 0) is 6.54 Å². The third-order valence-electron chi connectivity index (χ3n) is 2.68. The van der Waals surface area contributed by atoms with Gasteiger partial charge in [0.2, 0.25) is 0 Å². The molecule has 0 saturated carbocycles. The van der Waals surface area contributed by atoms with Crippen LogP contribution in [0.15, 0.2) is 42.5 Å². The number of hydrogen-bond acceptors (Lipinski definition) is 1. The molecule has 18 heavy (non-hydrogen) atoms. The highest BCUT2D eigenvalue weighted by molar-refractivity contribution is 6.35. The molecule has 2 aromatic rings. The zero-order valence-electron chi connectivity index (χ0n) is 10.5. The van der Waals surface area contributed by atoms with E-state index < -0.39 is 0 Å². The van der Waals surface area contributed by atoms with Gasteiger partial charge < -0.3 is 4.90 Å². The second kappa shape index (κ2) is 5.75. The second-order valence-corrected chi connectivity index (χ2v) is 5.43. The topological polar surface area (TPSA) is 3.24 Å². The van der Waals surface area contributed by atoms with Crippen molar-refractivity contribution in [3.8, 4) is 11.1 Å². The zero-order valence-corrected chi connectivity index (χ0v) is 12.0. The minimum atomic E-state index is 0.664. The molecular formula is C15H15Cl2N. The Bertz CT molecular complexity index is 530. The highest BCUT2D eigenvalue weighted by atomic mass is 35.5. The largest absolute Gasteiger partial charge is 0.305 e. The fourth-order valence-electron chi connectivity index (χ4n) is 1.99. The molecule has 2 rings (SSSR count). The summed E-state index contributed by atoms with van der Waals surface area (Å²) >= 11 is 12.1. The van der Waals surface area contributed by atoms with Gasteiger partial charge in [-0.2, -0.15) is 0 Å². The van der Waals surface area contributed by atoms with Crippen LogP contribution >= 0.6 is 23.2 Å². The number of nitrogens with zero attached hydrogens (tertiary/aromatic N) is 1. The summed E-state index contributed by atoms with van der Waals surface area (Å²) < 4.78 is 0. The summed E-state index contributed by atoms with van der Waals surface area (Å²) in [6.07, 6.45) is 0. The third kappa shape index (κ3) is 3.26. The molecule has 0 atom stereocenters. The Morgan fingerprint density at radius 3 is 2.17 bits per heavy atom. The van der Waals surface area contributed by atoms with Crippen LogP contribution in [0.2, 0.25) is 10.0 Å². The van der Waals surface area contributed by atoms with Gasteiger partial charge >= 0.3 is 0 Å². The minimum absolute atomic E-state index is 0.664. The van der Waals surface area contributed by atoms with Gasteiger partial charge in [-0.25, -0.2) is 0 Å². The van der Waals surface area contributed by atoms with Crippen molar-refractivity contribution in [3.05, 3.63) is 58.1 Å². The normalized spacial score (nSPS) is 10.9. The molecule has 0 aliphatic heterocycles. The van der Waals surface area contributed by atoms with Crippen molar-refractivity contribution in [1.82, 2.24) is 4.90 Å². The first kappa shape index (κ1) is 13.4. The van der Waals surface area contributed by atoms with E-state index >= 15 is 0 Å². The summed E-state index contributed by atoms with van der Waals surface area (Å²) in [6, 6.07) is 14.0. The highest BCUT2D eigenvalue weighted by Crippen LogP contribution is 2.29. The summed E-state index contributed by atoms with van der Waals surface area (Å²) in [6.45, 7) is 0.889. The molecule has 0 aromatic heterocycles. The second-order valence-electron chi connectivity index (χ2n) is 4.55. The molecule has 0 aliphatic carbocycles. The molecule has 0 radical (unpaired) electrons. The molecule has 94 valence electrons. The molecule has 0 saturated heterocycles. The zero-order chi connectivity index (χ0) is 13.1. The Morgan fingerprint density at radius 1 is 0.944 bits per heavy atom. The summed E-state index contributed by atoms with van der Waals surface area (Å²) in [5.41, 5.74) is 3.50. The van der Waals surface area contributed by atoms with Crippen molar-refractivity contribution in [2.24, 2.45) is 0 Å². The summed E-state index contributed by atoms with van der Waals surface area (Å²) in [7, 11) is 4.11. The van der Waals surface area contributed by atoms with E-state index in [9.17, 15) is 0 Å². The van der Waals surface area contributed by atoms with Gasteiger partial charge in [-0.15, -0.1) is 0 Å². The van der Waals surface area contributed by atoms with Crippen molar-refractivity contribution >= 4 is 23.2 Å². The van der Waals surface area contributed by atoms with Crippen LogP contribution in [0, 0.1) is 0 Å². The summed E-state index contributed by atoms with van der Waals surface area (Å²) in [5, 5.41) is 1.33.